The van der Waals surface area contributed by atoms with E-state index in [9.17, 15) is 39.9 Å². The molecule has 0 heterocycles. The molecule has 0 spiro atoms. The van der Waals surface area contributed by atoms with Crippen molar-refractivity contribution in [1.29, 1.82) is 0 Å². The van der Waals surface area contributed by atoms with Gasteiger partial charge in [0.25, 0.3) is 5.91 Å². The third kappa shape index (κ3) is 8.55. The predicted molar refractivity (Wildman–Crippen MR) is 163 cm³/mol. The number of rotatable bonds is 9. The number of anilines is 1. The molecule has 4 aromatic rings. The zero-order valence-corrected chi connectivity index (χ0v) is 26.2. The fourth-order valence-electron chi connectivity index (χ4n) is 5.76. The Balaban J connectivity index is 0.00000265. The molecule has 0 bridgehead atoms. The molecule has 49 heavy (non-hydrogen) atoms. The average molecular weight is 700 g/mol. The molecule has 262 valence electrons. The van der Waals surface area contributed by atoms with Crippen LogP contribution in [0.15, 0.2) is 84.9 Å². The van der Waals surface area contributed by atoms with Gasteiger partial charge < -0.3 is 4.74 Å². The number of hydrogen-bond donors (Lipinski definition) is 0. The van der Waals surface area contributed by atoms with Gasteiger partial charge >= 0.3 is 18.7 Å². The number of ether oxygens (including phenoxy) is 1. The van der Waals surface area contributed by atoms with Crippen molar-refractivity contribution in [3.63, 3.8) is 0 Å². The average Bonchev–Trinajstić information content (AvgIpc) is 3.59. The minimum Gasteiger partial charge on any atom is -0.428 e. The Hall–Kier alpha value is -4.55. The highest BCUT2D eigenvalue weighted by Crippen LogP contribution is 2.42. The number of halogens is 10. The van der Waals surface area contributed by atoms with Gasteiger partial charge in [0.1, 0.15) is 23.2 Å². The summed E-state index contributed by atoms with van der Waals surface area (Å²) in [6.45, 7) is 4.00. The molecule has 1 unspecified atom stereocenters. The van der Waals surface area contributed by atoms with Crippen LogP contribution in [0.3, 0.4) is 0 Å². The van der Waals surface area contributed by atoms with Crippen LogP contribution in [0.1, 0.15) is 84.1 Å². The third-order valence-corrected chi connectivity index (χ3v) is 7.88. The van der Waals surface area contributed by atoms with E-state index in [1.165, 1.54) is 36.4 Å². The summed E-state index contributed by atoms with van der Waals surface area (Å²) in [4.78, 5) is 15.1. The molecular weight excluding hydrogens is 668 g/mol. The van der Waals surface area contributed by atoms with Crippen molar-refractivity contribution < 1.29 is 53.4 Å². The van der Waals surface area contributed by atoms with Crippen LogP contribution in [0.2, 0.25) is 0 Å². The van der Waals surface area contributed by atoms with E-state index in [0.717, 1.165) is 42.0 Å². The highest BCUT2D eigenvalue weighted by molar-refractivity contribution is 6.07. The Morgan fingerprint density at radius 1 is 0.776 bits per heavy atom. The lowest BCUT2D eigenvalue weighted by atomic mass is 9.89. The number of para-hydroxylation sites is 1. The van der Waals surface area contributed by atoms with Crippen LogP contribution in [0, 0.1) is 17.5 Å². The topological polar surface area (TPSA) is 29.5 Å². The maximum atomic E-state index is 15.2. The van der Waals surface area contributed by atoms with Crippen LogP contribution >= 0.6 is 0 Å². The first-order valence-corrected chi connectivity index (χ1v) is 15.4. The number of hydrogen-bond acceptors (Lipinski definition) is 2. The van der Waals surface area contributed by atoms with E-state index >= 15 is 8.78 Å². The van der Waals surface area contributed by atoms with Crippen LogP contribution in [0.4, 0.5) is 49.6 Å². The summed E-state index contributed by atoms with van der Waals surface area (Å²) in [5.74, 6) is -5.93. The van der Waals surface area contributed by atoms with Crippen molar-refractivity contribution in [3.8, 4) is 5.75 Å². The Kier molecular flexibility index (Phi) is 11.7. The Labute approximate surface area is 276 Å². The molecule has 0 aliphatic heterocycles. The van der Waals surface area contributed by atoms with Gasteiger partial charge in [0, 0.05) is 17.3 Å². The Morgan fingerprint density at radius 2 is 1.41 bits per heavy atom. The predicted octanol–water partition coefficient (Wildman–Crippen LogP) is 11.5. The molecule has 5 rings (SSSR count). The van der Waals surface area contributed by atoms with Crippen LogP contribution in [-0.2, 0) is 6.18 Å². The van der Waals surface area contributed by atoms with Gasteiger partial charge in [-0.15, -0.1) is 0 Å². The summed E-state index contributed by atoms with van der Waals surface area (Å²) in [6.07, 6.45) is -11.6. The Bertz CT molecular complexity index is 1740. The van der Waals surface area contributed by atoms with Crippen LogP contribution in [0.5, 0.6) is 5.75 Å². The summed E-state index contributed by atoms with van der Waals surface area (Å²) in [7, 11) is 0. The molecule has 0 radical (unpaired) electrons. The van der Waals surface area contributed by atoms with E-state index < -0.39 is 65.0 Å². The van der Waals surface area contributed by atoms with Crippen LogP contribution in [-0.4, -0.2) is 18.4 Å². The first-order chi connectivity index (χ1) is 23.2. The van der Waals surface area contributed by atoms with Crippen molar-refractivity contribution in [3.05, 3.63) is 130 Å². The molecular formula is C36H31F10NO2. The number of carbonyl (C=O) groups is 1. The number of benzene rings is 4. The molecule has 13 heteroatoms. The SMILES string of the molecule is CC.O=C(c1ccc(F)c(C(F)(F)F)c1)N(c1ccccc1)C(c1cc(F)cc(OC(F)(F)C(F)F)c1)c1ccc(F)c(C2CCCC2)c1. The molecule has 0 N–H and O–H groups in total. The van der Waals surface area contributed by atoms with Crippen LogP contribution in [0.25, 0.3) is 0 Å². The summed E-state index contributed by atoms with van der Waals surface area (Å²) >= 11 is 0. The molecule has 1 atom stereocenters. The van der Waals surface area contributed by atoms with Gasteiger partial charge in [-0.25, -0.2) is 13.2 Å². The summed E-state index contributed by atoms with van der Waals surface area (Å²) in [6, 6.07) is 12.9. The first kappa shape index (κ1) is 37.3. The fourth-order valence-corrected chi connectivity index (χ4v) is 5.76. The lowest BCUT2D eigenvalue weighted by Crippen LogP contribution is -2.36. The van der Waals surface area contributed by atoms with Gasteiger partial charge in [-0.3, -0.25) is 9.69 Å². The highest BCUT2D eigenvalue weighted by Gasteiger charge is 2.44. The van der Waals surface area contributed by atoms with Gasteiger partial charge in [-0.05, 0) is 84.0 Å². The standard InChI is InChI=1S/C34H25F10NO2.C2H6/c35-23-14-22(15-25(18-23)47-34(43,44)32(38)39)30(20-10-12-28(36)26(16-20)19-6-4-5-7-19)45(24-8-2-1-3-9-24)31(46)21-11-13-29(37)27(17-21)33(40,41)42;1-2/h1-3,8-19,30,32H,4-7H2;1-2H3. The lowest BCUT2D eigenvalue weighted by molar-refractivity contribution is -0.253. The molecule has 1 fully saturated rings. The molecule has 1 aliphatic rings. The number of carbonyl (C=O) groups excluding carboxylic acids is 1. The van der Waals surface area contributed by atoms with Gasteiger partial charge in [0.2, 0.25) is 0 Å². The molecule has 3 nitrogen and oxygen atoms in total. The van der Waals surface area contributed by atoms with E-state index in [2.05, 4.69) is 4.74 Å². The van der Waals surface area contributed by atoms with Crippen molar-refractivity contribution in [2.45, 2.75) is 70.2 Å². The maximum absolute atomic E-state index is 15.2. The van der Waals surface area contributed by atoms with Gasteiger partial charge in [0.15, 0.2) is 0 Å². The minimum absolute atomic E-state index is 0.0109. The van der Waals surface area contributed by atoms with Gasteiger partial charge in [0.05, 0.1) is 11.6 Å². The van der Waals surface area contributed by atoms with Crippen molar-refractivity contribution in [1.82, 2.24) is 0 Å². The molecule has 1 aliphatic carbocycles. The lowest BCUT2D eigenvalue weighted by Gasteiger charge is -2.34. The molecule has 4 aromatic carbocycles. The summed E-state index contributed by atoms with van der Waals surface area (Å²) in [5.41, 5.74) is -2.39. The largest absolute Gasteiger partial charge is 0.461 e. The minimum atomic E-state index is -5.19. The number of nitrogens with zero attached hydrogens (tertiary/aromatic N) is 1. The quantitative estimate of drug-likeness (QED) is 0.163. The highest BCUT2D eigenvalue weighted by atomic mass is 19.4. The first-order valence-electron chi connectivity index (χ1n) is 15.4. The van der Waals surface area contributed by atoms with Crippen molar-refractivity contribution in [2.75, 3.05) is 4.90 Å². The maximum Gasteiger partial charge on any atom is 0.461 e. The summed E-state index contributed by atoms with van der Waals surface area (Å²) < 4.78 is 143. The van der Waals surface area contributed by atoms with E-state index in [0.29, 0.717) is 31.0 Å². The molecule has 0 aromatic heterocycles. The smallest absolute Gasteiger partial charge is 0.428 e. The normalized spacial score (nSPS) is 14.3. The third-order valence-electron chi connectivity index (χ3n) is 7.88. The molecule has 0 saturated heterocycles. The van der Waals surface area contributed by atoms with Crippen molar-refractivity contribution in [2.24, 2.45) is 0 Å². The number of alkyl halides is 7. The second-order valence-electron chi connectivity index (χ2n) is 11.1. The van der Waals surface area contributed by atoms with E-state index in [-0.39, 0.29) is 28.3 Å². The monoisotopic (exact) mass is 699 g/mol. The van der Waals surface area contributed by atoms with Crippen LogP contribution < -0.4 is 9.64 Å². The van der Waals surface area contributed by atoms with Gasteiger partial charge in [-0.2, -0.15) is 30.7 Å². The van der Waals surface area contributed by atoms with E-state index in [1.807, 2.05) is 13.8 Å². The Morgan fingerprint density at radius 3 is 2.02 bits per heavy atom. The summed E-state index contributed by atoms with van der Waals surface area (Å²) in [5, 5.41) is 0. The van der Waals surface area contributed by atoms with E-state index in [4.69, 9.17) is 0 Å². The second-order valence-corrected chi connectivity index (χ2v) is 11.1. The van der Waals surface area contributed by atoms with Crippen molar-refractivity contribution >= 4 is 11.6 Å². The second kappa shape index (κ2) is 15.3. The molecule has 1 amide bonds. The molecule has 1 saturated carbocycles. The fraction of sp³-hybridized carbons (Fsp3) is 0.306. The van der Waals surface area contributed by atoms with E-state index in [1.54, 1.807) is 6.07 Å². The zero-order chi connectivity index (χ0) is 36.1. The number of amides is 1. The van der Waals surface area contributed by atoms with Gasteiger partial charge in [-0.1, -0.05) is 57.0 Å². The zero-order valence-electron chi connectivity index (χ0n) is 26.2.